The van der Waals surface area contributed by atoms with Gasteiger partial charge in [-0.1, -0.05) is 18.2 Å². The summed E-state index contributed by atoms with van der Waals surface area (Å²) in [5, 5.41) is 8.21. The van der Waals surface area contributed by atoms with E-state index in [0.29, 0.717) is 5.89 Å². The van der Waals surface area contributed by atoms with Crippen LogP contribution < -0.4 is 0 Å². The van der Waals surface area contributed by atoms with Crippen molar-refractivity contribution in [2.75, 3.05) is 19.6 Å². The lowest BCUT2D eigenvalue weighted by molar-refractivity contribution is 0.329. The monoisotopic (exact) mass is 243 g/mol. The Balaban J connectivity index is 1.63. The molecule has 0 saturated carbocycles. The van der Waals surface area contributed by atoms with E-state index in [9.17, 15) is 0 Å². The van der Waals surface area contributed by atoms with E-state index in [0.717, 1.165) is 24.4 Å². The lowest BCUT2D eigenvalue weighted by atomic mass is 10.2. The van der Waals surface area contributed by atoms with E-state index in [1.54, 1.807) is 0 Å². The summed E-state index contributed by atoms with van der Waals surface area (Å²) < 4.78 is 5.68. The summed E-state index contributed by atoms with van der Waals surface area (Å²) in [6.45, 7) is 3.44. The SMILES string of the molecule is c1ccc(-c2nnc(CCN3CCCC3)o2)cc1. The molecule has 0 N–H and O–H groups in total. The fourth-order valence-electron chi connectivity index (χ4n) is 2.31. The molecule has 1 aliphatic heterocycles. The van der Waals surface area contributed by atoms with Gasteiger partial charge in [-0.25, -0.2) is 0 Å². The lowest BCUT2D eigenvalue weighted by Crippen LogP contribution is -2.21. The second kappa shape index (κ2) is 5.31. The highest BCUT2D eigenvalue weighted by Gasteiger charge is 2.13. The van der Waals surface area contributed by atoms with Crippen LogP contribution in [-0.2, 0) is 6.42 Å². The van der Waals surface area contributed by atoms with Crippen molar-refractivity contribution >= 4 is 0 Å². The third kappa shape index (κ3) is 2.59. The first-order valence-corrected chi connectivity index (χ1v) is 6.52. The first kappa shape index (κ1) is 11.4. The van der Waals surface area contributed by atoms with Gasteiger partial charge in [-0.3, -0.25) is 0 Å². The van der Waals surface area contributed by atoms with Gasteiger partial charge in [0.15, 0.2) is 0 Å². The molecule has 1 aromatic heterocycles. The van der Waals surface area contributed by atoms with Gasteiger partial charge < -0.3 is 9.32 Å². The van der Waals surface area contributed by atoms with Gasteiger partial charge >= 0.3 is 0 Å². The van der Waals surface area contributed by atoms with E-state index < -0.39 is 0 Å². The maximum absolute atomic E-state index is 5.68. The summed E-state index contributed by atoms with van der Waals surface area (Å²) in [6, 6.07) is 9.90. The fourth-order valence-corrected chi connectivity index (χ4v) is 2.31. The summed E-state index contributed by atoms with van der Waals surface area (Å²) in [5.74, 6) is 1.35. The van der Waals surface area contributed by atoms with Crippen LogP contribution in [0.4, 0.5) is 0 Å². The normalized spacial score (nSPS) is 16.2. The molecule has 3 rings (SSSR count). The largest absolute Gasteiger partial charge is 0.421 e. The highest BCUT2D eigenvalue weighted by Crippen LogP contribution is 2.17. The minimum Gasteiger partial charge on any atom is -0.421 e. The first-order valence-electron chi connectivity index (χ1n) is 6.52. The molecule has 0 atom stereocenters. The lowest BCUT2D eigenvalue weighted by Gasteiger charge is -2.11. The van der Waals surface area contributed by atoms with E-state index in [-0.39, 0.29) is 0 Å². The van der Waals surface area contributed by atoms with Crippen LogP contribution in [0.25, 0.3) is 11.5 Å². The van der Waals surface area contributed by atoms with Crippen LogP contribution in [0.5, 0.6) is 0 Å². The Bertz CT molecular complexity index is 489. The van der Waals surface area contributed by atoms with E-state index in [1.165, 1.54) is 25.9 Å². The zero-order valence-corrected chi connectivity index (χ0v) is 10.4. The molecule has 0 radical (unpaired) electrons. The molecule has 0 spiro atoms. The van der Waals surface area contributed by atoms with Crippen molar-refractivity contribution in [3.8, 4) is 11.5 Å². The predicted octanol–water partition coefficient (Wildman–Crippen LogP) is 2.37. The standard InChI is InChI=1S/C14H17N3O/c1-2-6-12(7-3-1)14-16-15-13(18-14)8-11-17-9-4-5-10-17/h1-3,6-7H,4-5,8-11H2. The molecule has 1 saturated heterocycles. The van der Waals surface area contributed by atoms with E-state index in [4.69, 9.17) is 4.42 Å². The van der Waals surface area contributed by atoms with Crippen molar-refractivity contribution in [2.45, 2.75) is 19.3 Å². The predicted molar refractivity (Wildman–Crippen MR) is 69.1 cm³/mol. The maximum Gasteiger partial charge on any atom is 0.247 e. The van der Waals surface area contributed by atoms with E-state index >= 15 is 0 Å². The van der Waals surface area contributed by atoms with E-state index in [1.807, 2.05) is 30.3 Å². The molecular formula is C14H17N3O. The van der Waals surface area contributed by atoms with Gasteiger partial charge in [0.1, 0.15) is 0 Å². The van der Waals surface area contributed by atoms with Crippen LogP contribution in [0.1, 0.15) is 18.7 Å². The molecule has 18 heavy (non-hydrogen) atoms. The van der Waals surface area contributed by atoms with Crippen molar-refractivity contribution in [3.05, 3.63) is 36.2 Å². The molecule has 4 nitrogen and oxygen atoms in total. The average Bonchev–Trinajstić information content (AvgIpc) is 3.09. The highest BCUT2D eigenvalue weighted by atomic mass is 16.4. The Hall–Kier alpha value is -1.68. The molecule has 1 aliphatic rings. The zero-order valence-electron chi connectivity index (χ0n) is 10.4. The molecule has 1 aromatic carbocycles. The number of likely N-dealkylation sites (tertiary alicyclic amines) is 1. The number of nitrogens with zero attached hydrogens (tertiary/aromatic N) is 3. The Kier molecular flexibility index (Phi) is 3.37. The number of benzene rings is 1. The van der Waals surface area contributed by atoms with Crippen molar-refractivity contribution in [1.82, 2.24) is 15.1 Å². The molecule has 4 heteroatoms. The second-order valence-corrected chi connectivity index (χ2v) is 4.67. The Labute approximate surface area is 107 Å². The topological polar surface area (TPSA) is 42.2 Å². The second-order valence-electron chi connectivity index (χ2n) is 4.67. The van der Waals surface area contributed by atoms with Crippen LogP contribution in [-0.4, -0.2) is 34.7 Å². The molecular weight excluding hydrogens is 226 g/mol. The fraction of sp³-hybridized carbons (Fsp3) is 0.429. The molecule has 0 bridgehead atoms. The minimum absolute atomic E-state index is 0.618. The van der Waals surface area contributed by atoms with Crippen LogP contribution in [0.15, 0.2) is 34.7 Å². The van der Waals surface area contributed by atoms with Gasteiger partial charge in [0.2, 0.25) is 11.8 Å². The number of aromatic nitrogens is 2. The molecule has 1 fully saturated rings. The Morgan fingerprint density at radius 1 is 1.06 bits per heavy atom. The minimum atomic E-state index is 0.618. The van der Waals surface area contributed by atoms with Crippen molar-refractivity contribution in [1.29, 1.82) is 0 Å². The van der Waals surface area contributed by atoms with Gasteiger partial charge in [0, 0.05) is 18.5 Å². The smallest absolute Gasteiger partial charge is 0.247 e. The van der Waals surface area contributed by atoms with Gasteiger partial charge in [-0.15, -0.1) is 10.2 Å². The summed E-state index contributed by atoms with van der Waals surface area (Å²) in [5.41, 5.74) is 0.984. The molecule has 94 valence electrons. The quantitative estimate of drug-likeness (QED) is 0.826. The third-order valence-corrected chi connectivity index (χ3v) is 3.33. The summed E-state index contributed by atoms with van der Waals surface area (Å²) in [7, 11) is 0. The number of hydrogen-bond acceptors (Lipinski definition) is 4. The summed E-state index contributed by atoms with van der Waals surface area (Å²) in [4.78, 5) is 2.45. The number of hydrogen-bond donors (Lipinski definition) is 0. The molecule has 0 unspecified atom stereocenters. The van der Waals surface area contributed by atoms with Crippen molar-refractivity contribution < 1.29 is 4.42 Å². The summed E-state index contributed by atoms with van der Waals surface area (Å²) in [6.07, 6.45) is 3.48. The van der Waals surface area contributed by atoms with Crippen LogP contribution in [0.2, 0.25) is 0 Å². The molecule has 0 aliphatic carbocycles. The summed E-state index contributed by atoms with van der Waals surface area (Å²) >= 11 is 0. The highest BCUT2D eigenvalue weighted by molar-refractivity contribution is 5.51. The average molecular weight is 243 g/mol. The first-order chi connectivity index (χ1) is 8.92. The van der Waals surface area contributed by atoms with Crippen molar-refractivity contribution in [3.63, 3.8) is 0 Å². The molecule has 0 amide bonds. The van der Waals surface area contributed by atoms with Crippen LogP contribution in [0, 0.1) is 0 Å². The Morgan fingerprint density at radius 3 is 2.61 bits per heavy atom. The van der Waals surface area contributed by atoms with Gasteiger partial charge in [-0.2, -0.15) is 0 Å². The van der Waals surface area contributed by atoms with Gasteiger partial charge in [0.05, 0.1) is 0 Å². The van der Waals surface area contributed by atoms with Gasteiger partial charge in [0.25, 0.3) is 0 Å². The third-order valence-electron chi connectivity index (χ3n) is 3.33. The Morgan fingerprint density at radius 2 is 1.83 bits per heavy atom. The van der Waals surface area contributed by atoms with Crippen LogP contribution >= 0.6 is 0 Å². The molecule has 2 heterocycles. The van der Waals surface area contributed by atoms with Crippen LogP contribution in [0.3, 0.4) is 0 Å². The van der Waals surface area contributed by atoms with Gasteiger partial charge in [-0.05, 0) is 38.1 Å². The maximum atomic E-state index is 5.68. The van der Waals surface area contributed by atoms with E-state index in [2.05, 4.69) is 15.1 Å². The van der Waals surface area contributed by atoms with Crippen molar-refractivity contribution in [2.24, 2.45) is 0 Å². The number of rotatable bonds is 4. The zero-order chi connectivity index (χ0) is 12.2. The molecule has 2 aromatic rings.